The third kappa shape index (κ3) is 3.34. The topological polar surface area (TPSA) is 68.7 Å². The SMILES string of the molecule is O=c1c2cc(Cl)c3c4c(Cl)cc5c6c(cc(Cl)c(c7c(Cl)cc(c2c37)c2nc3cc7ccccc7cc3n12)c46)c(=O)n1c2cc3ccccc3cc2nc51. The minimum atomic E-state index is -0.248. The molecule has 0 amide bonds. The van der Waals surface area contributed by atoms with Crippen molar-refractivity contribution in [3.05, 3.63) is 138 Å². The van der Waals surface area contributed by atoms with Gasteiger partial charge in [0.2, 0.25) is 0 Å². The van der Waals surface area contributed by atoms with Crippen LogP contribution in [0.5, 0.6) is 0 Å². The number of hydrogen-bond acceptors (Lipinski definition) is 4. The lowest BCUT2D eigenvalue weighted by atomic mass is 9.86. The number of benzene rings is 9. The average Bonchev–Trinajstić information content (AvgIpc) is 3.73. The van der Waals surface area contributed by atoms with Crippen LogP contribution in [0.2, 0.25) is 20.1 Å². The highest BCUT2D eigenvalue weighted by Gasteiger charge is 2.29. The first kappa shape index (κ1) is 29.7. The van der Waals surface area contributed by atoms with E-state index < -0.39 is 0 Å². The van der Waals surface area contributed by atoms with E-state index in [-0.39, 0.29) is 11.1 Å². The van der Waals surface area contributed by atoms with Crippen LogP contribution < -0.4 is 11.1 Å². The van der Waals surface area contributed by atoms with Gasteiger partial charge in [-0.05, 0) is 70.1 Å². The molecule has 252 valence electrons. The van der Waals surface area contributed by atoms with Gasteiger partial charge in [-0.1, -0.05) is 94.9 Å². The van der Waals surface area contributed by atoms with E-state index in [2.05, 4.69) is 0 Å². The largest absolute Gasteiger partial charge is 0.268 e. The first-order valence-corrected chi connectivity index (χ1v) is 18.7. The van der Waals surface area contributed by atoms with E-state index in [9.17, 15) is 9.59 Å². The predicted octanol–water partition coefficient (Wildman–Crippen LogP) is 12.2. The first-order chi connectivity index (χ1) is 26.3. The molecule has 13 aromatic rings. The quantitative estimate of drug-likeness (QED) is 0.114. The fourth-order valence-corrected chi connectivity index (χ4v) is 10.5. The molecule has 0 atom stereocenters. The summed E-state index contributed by atoms with van der Waals surface area (Å²) in [6, 6.07) is 31.1. The molecule has 0 spiro atoms. The monoisotopic (exact) mass is 772 g/mol. The Balaban J connectivity index is 1.27. The van der Waals surface area contributed by atoms with Crippen molar-refractivity contribution in [1.82, 2.24) is 18.8 Å². The van der Waals surface area contributed by atoms with Gasteiger partial charge in [0.25, 0.3) is 11.1 Å². The molecule has 0 aliphatic carbocycles. The van der Waals surface area contributed by atoms with Crippen LogP contribution >= 0.6 is 46.4 Å². The molecule has 13 rings (SSSR count). The fraction of sp³-hybridized carbons (Fsp3) is 0. The molecule has 0 radical (unpaired) electrons. The average molecular weight is 774 g/mol. The Morgan fingerprint density at radius 2 is 0.722 bits per heavy atom. The standard InChI is InChI=1S/C44H16Cl4N4O2/c45-25-13-21-33-23(43(53)51-31-11-19-7-3-1-5-17(19)9-29(31)49-41(21)51)15-27(47)37-36-26(46)14-22-34-24(16-28(48)38(40(34)36)35(25)39(33)37)44(54)52-32-12-20-8-4-2-6-18(20)10-30(32)50-42(22)52/h1-16H. The highest BCUT2D eigenvalue weighted by molar-refractivity contribution is 6.56. The molecule has 0 saturated carbocycles. The molecular formula is C44H16Cl4N4O2. The molecule has 0 fully saturated rings. The number of fused-ring (bicyclic) bond motifs is 12. The lowest BCUT2D eigenvalue weighted by molar-refractivity contribution is 1.19. The number of nitrogens with zero attached hydrogens (tertiary/aromatic N) is 4. The Hall–Kier alpha value is -5.76. The Morgan fingerprint density at radius 3 is 1.09 bits per heavy atom. The van der Waals surface area contributed by atoms with Crippen molar-refractivity contribution in [3.63, 3.8) is 0 Å². The molecule has 0 saturated heterocycles. The van der Waals surface area contributed by atoms with Crippen LogP contribution in [0.25, 0.3) is 120 Å². The molecule has 6 nitrogen and oxygen atoms in total. The normalized spacial score (nSPS) is 13.0. The summed E-state index contributed by atoms with van der Waals surface area (Å²) in [7, 11) is 0. The molecule has 0 unspecified atom stereocenters. The minimum absolute atomic E-state index is 0.248. The van der Waals surface area contributed by atoms with E-state index in [1.807, 2.05) is 84.9 Å². The van der Waals surface area contributed by atoms with Crippen LogP contribution in [0, 0.1) is 0 Å². The zero-order chi connectivity index (χ0) is 36.0. The molecule has 54 heavy (non-hydrogen) atoms. The van der Waals surface area contributed by atoms with Crippen molar-refractivity contribution in [2.75, 3.05) is 0 Å². The van der Waals surface area contributed by atoms with Crippen LogP contribution in [0.15, 0.2) is 107 Å². The van der Waals surface area contributed by atoms with E-state index in [1.165, 1.54) is 0 Å². The number of pyridine rings is 2. The molecule has 9 aromatic carbocycles. The predicted molar refractivity (Wildman–Crippen MR) is 225 cm³/mol. The van der Waals surface area contributed by atoms with Gasteiger partial charge in [0, 0.05) is 74.0 Å². The first-order valence-electron chi connectivity index (χ1n) is 17.2. The number of halogens is 4. The maximum Gasteiger partial charge on any atom is 0.264 e. The summed E-state index contributed by atoms with van der Waals surface area (Å²) < 4.78 is 3.30. The number of imidazole rings is 2. The molecule has 4 heterocycles. The third-order valence-corrected chi connectivity index (χ3v) is 12.7. The van der Waals surface area contributed by atoms with Gasteiger partial charge in [0.1, 0.15) is 11.3 Å². The summed E-state index contributed by atoms with van der Waals surface area (Å²) in [4.78, 5) is 39.3. The van der Waals surface area contributed by atoms with Crippen molar-refractivity contribution in [1.29, 1.82) is 0 Å². The smallest absolute Gasteiger partial charge is 0.264 e. The lowest BCUT2D eigenvalue weighted by Gasteiger charge is -2.21. The fourth-order valence-electron chi connectivity index (χ4n) is 9.35. The van der Waals surface area contributed by atoms with Gasteiger partial charge >= 0.3 is 0 Å². The lowest BCUT2D eigenvalue weighted by Crippen LogP contribution is -2.14. The third-order valence-electron chi connectivity index (χ3n) is 11.5. The Morgan fingerprint density at radius 1 is 0.389 bits per heavy atom. The van der Waals surface area contributed by atoms with Gasteiger partial charge in [-0.2, -0.15) is 0 Å². The van der Waals surface area contributed by atoms with Gasteiger partial charge in [-0.3, -0.25) is 18.4 Å². The van der Waals surface area contributed by atoms with Gasteiger partial charge < -0.3 is 0 Å². The molecule has 4 aromatic heterocycles. The maximum atomic E-state index is 14.6. The Kier molecular flexibility index (Phi) is 5.31. The molecule has 0 bridgehead atoms. The summed E-state index contributed by atoms with van der Waals surface area (Å²) in [5.41, 5.74) is 3.26. The molecular weight excluding hydrogens is 758 g/mol. The van der Waals surface area contributed by atoms with Crippen molar-refractivity contribution in [2.45, 2.75) is 0 Å². The van der Waals surface area contributed by atoms with Crippen LogP contribution in [-0.2, 0) is 0 Å². The zero-order valence-electron chi connectivity index (χ0n) is 27.4. The highest BCUT2D eigenvalue weighted by atomic mass is 35.5. The summed E-state index contributed by atoms with van der Waals surface area (Å²) in [5, 5.41) is 12.9. The van der Waals surface area contributed by atoms with Gasteiger partial charge in [0.15, 0.2) is 0 Å². The molecule has 10 heteroatoms. The van der Waals surface area contributed by atoms with Crippen molar-refractivity contribution in [2.24, 2.45) is 0 Å². The number of hydrogen-bond donors (Lipinski definition) is 0. The van der Waals surface area contributed by atoms with Crippen molar-refractivity contribution in [3.8, 4) is 0 Å². The van der Waals surface area contributed by atoms with E-state index in [0.717, 1.165) is 21.5 Å². The maximum absolute atomic E-state index is 14.6. The summed E-state index contributed by atoms with van der Waals surface area (Å²) in [5.74, 6) is 0. The van der Waals surface area contributed by atoms with E-state index in [1.54, 1.807) is 20.9 Å². The Labute approximate surface area is 320 Å². The van der Waals surface area contributed by atoms with E-state index >= 15 is 0 Å². The zero-order valence-corrected chi connectivity index (χ0v) is 30.4. The highest BCUT2D eigenvalue weighted by Crippen LogP contribution is 2.53. The van der Waals surface area contributed by atoms with Crippen LogP contribution in [0.3, 0.4) is 0 Å². The van der Waals surface area contributed by atoms with Gasteiger partial charge in [-0.25, -0.2) is 9.97 Å². The van der Waals surface area contributed by atoms with Crippen LogP contribution in [0.4, 0.5) is 0 Å². The van der Waals surface area contributed by atoms with Gasteiger partial charge in [-0.15, -0.1) is 0 Å². The van der Waals surface area contributed by atoms with Crippen LogP contribution in [-0.4, -0.2) is 18.8 Å². The number of rotatable bonds is 0. The molecule has 0 aliphatic rings. The summed E-state index contributed by atoms with van der Waals surface area (Å²) in [6.45, 7) is 0. The van der Waals surface area contributed by atoms with Crippen LogP contribution in [0.1, 0.15) is 0 Å². The van der Waals surface area contributed by atoms with Crippen molar-refractivity contribution >= 4 is 166 Å². The van der Waals surface area contributed by atoms with E-state index in [0.29, 0.717) is 118 Å². The number of aromatic nitrogens is 4. The van der Waals surface area contributed by atoms with E-state index in [4.69, 9.17) is 56.4 Å². The molecule has 0 N–H and O–H groups in total. The second kappa shape index (κ2) is 9.66. The van der Waals surface area contributed by atoms with Gasteiger partial charge in [0.05, 0.1) is 32.8 Å². The second-order valence-electron chi connectivity index (χ2n) is 14.2. The Bertz CT molecular complexity index is 3780. The molecule has 0 aliphatic heterocycles. The minimum Gasteiger partial charge on any atom is -0.268 e. The summed E-state index contributed by atoms with van der Waals surface area (Å²) >= 11 is 29.3. The second-order valence-corrected chi connectivity index (χ2v) is 15.8. The van der Waals surface area contributed by atoms with Crippen molar-refractivity contribution < 1.29 is 0 Å². The summed E-state index contributed by atoms with van der Waals surface area (Å²) in [6.07, 6.45) is 0.